The molecule has 114 valence electrons. The molecule has 4 rings (SSSR count). The van der Waals surface area contributed by atoms with Gasteiger partial charge in [-0.15, -0.1) is 0 Å². The molecule has 0 aliphatic carbocycles. The van der Waals surface area contributed by atoms with Crippen LogP contribution in [0.15, 0.2) is 36.4 Å². The maximum atomic E-state index is 5.91. The van der Waals surface area contributed by atoms with Crippen molar-refractivity contribution in [2.45, 2.75) is 25.4 Å². The summed E-state index contributed by atoms with van der Waals surface area (Å²) in [5.74, 6) is 1.81. The molecule has 0 spiro atoms. The van der Waals surface area contributed by atoms with Crippen molar-refractivity contribution in [2.75, 3.05) is 20.3 Å². The summed E-state index contributed by atoms with van der Waals surface area (Å²) in [5, 5.41) is 2.42. The molecule has 0 saturated carbocycles. The summed E-state index contributed by atoms with van der Waals surface area (Å²) < 4.78 is 17.4. The number of fused-ring (bicyclic) bond motifs is 1. The van der Waals surface area contributed by atoms with Gasteiger partial charge in [0.1, 0.15) is 11.5 Å². The summed E-state index contributed by atoms with van der Waals surface area (Å²) in [7, 11) is 1.72. The molecule has 2 aliphatic rings. The molecule has 0 radical (unpaired) electrons. The molecule has 0 bridgehead atoms. The predicted molar refractivity (Wildman–Crippen MR) is 87.0 cm³/mol. The second kappa shape index (κ2) is 5.65. The van der Waals surface area contributed by atoms with Gasteiger partial charge in [-0.05, 0) is 41.3 Å². The second-order valence-corrected chi connectivity index (χ2v) is 5.80. The van der Waals surface area contributed by atoms with E-state index < -0.39 is 0 Å². The van der Waals surface area contributed by atoms with Crippen molar-refractivity contribution < 1.29 is 14.2 Å². The van der Waals surface area contributed by atoms with E-state index in [1.165, 1.54) is 16.3 Å². The summed E-state index contributed by atoms with van der Waals surface area (Å²) in [6.07, 6.45) is 5.48. The van der Waals surface area contributed by atoms with Crippen LogP contribution in [0.5, 0.6) is 5.75 Å². The fourth-order valence-electron chi connectivity index (χ4n) is 3.47. The Bertz CT molecular complexity index is 727. The van der Waals surface area contributed by atoms with Gasteiger partial charge in [-0.2, -0.15) is 0 Å². The lowest BCUT2D eigenvalue weighted by Gasteiger charge is -2.19. The third-order valence-electron chi connectivity index (χ3n) is 4.49. The van der Waals surface area contributed by atoms with Crippen LogP contribution in [-0.2, 0) is 9.47 Å². The normalized spacial score (nSPS) is 21.0. The van der Waals surface area contributed by atoms with E-state index in [9.17, 15) is 0 Å². The molecule has 2 aromatic carbocycles. The van der Waals surface area contributed by atoms with Crippen LogP contribution in [0.25, 0.3) is 16.5 Å². The van der Waals surface area contributed by atoms with Crippen molar-refractivity contribution >= 4 is 16.5 Å². The van der Waals surface area contributed by atoms with Gasteiger partial charge in [0.05, 0.1) is 25.4 Å². The Balaban J connectivity index is 1.97. The molecule has 3 nitrogen and oxygen atoms in total. The molecule has 1 atom stereocenters. The lowest BCUT2D eigenvalue weighted by Crippen LogP contribution is -2.02. The van der Waals surface area contributed by atoms with E-state index >= 15 is 0 Å². The van der Waals surface area contributed by atoms with Gasteiger partial charge in [-0.25, -0.2) is 0 Å². The van der Waals surface area contributed by atoms with E-state index in [1.54, 1.807) is 7.11 Å². The summed E-state index contributed by atoms with van der Waals surface area (Å²) in [5.41, 5.74) is 2.30. The van der Waals surface area contributed by atoms with Gasteiger partial charge >= 0.3 is 0 Å². The first-order valence-corrected chi connectivity index (χ1v) is 7.93. The quantitative estimate of drug-likeness (QED) is 0.837. The van der Waals surface area contributed by atoms with Crippen LogP contribution in [0, 0.1) is 0 Å². The minimum atomic E-state index is 0.173. The van der Waals surface area contributed by atoms with E-state index in [0.717, 1.165) is 49.5 Å². The number of rotatable bonds is 3. The first-order valence-electron chi connectivity index (χ1n) is 7.93. The van der Waals surface area contributed by atoms with Gasteiger partial charge in [-0.3, -0.25) is 0 Å². The first kappa shape index (κ1) is 13.6. The van der Waals surface area contributed by atoms with Crippen LogP contribution in [0.3, 0.4) is 0 Å². The minimum Gasteiger partial charge on any atom is -0.496 e. The molecule has 0 amide bonds. The summed E-state index contributed by atoms with van der Waals surface area (Å²) in [4.78, 5) is 0. The predicted octanol–water partition coefficient (Wildman–Crippen LogP) is 4.46. The highest BCUT2D eigenvalue weighted by Gasteiger charge is 2.25. The summed E-state index contributed by atoms with van der Waals surface area (Å²) in [6.45, 7) is 1.59. The third kappa shape index (κ3) is 2.17. The van der Waals surface area contributed by atoms with Gasteiger partial charge in [-0.1, -0.05) is 24.3 Å². The topological polar surface area (TPSA) is 27.7 Å². The van der Waals surface area contributed by atoms with Crippen LogP contribution < -0.4 is 4.74 Å². The molecular weight excluding hydrogens is 276 g/mol. The van der Waals surface area contributed by atoms with Crippen molar-refractivity contribution in [2.24, 2.45) is 0 Å². The number of benzene rings is 2. The number of ether oxygens (including phenoxy) is 3. The maximum Gasteiger partial charge on any atom is 0.130 e. The van der Waals surface area contributed by atoms with E-state index in [4.69, 9.17) is 14.2 Å². The maximum absolute atomic E-state index is 5.91. The van der Waals surface area contributed by atoms with Crippen LogP contribution in [-0.4, -0.2) is 20.3 Å². The Kier molecular flexibility index (Phi) is 3.51. The van der Waals surface area contributed by atoms with Crippen LogP contribution in [0.1, 0.15) is 36.5 Å². The highest BCUT2D eigenvalue weighted by atomic mass is 16.5. The van der Waals surface area contributed by atoms with E-state index in [2.05, 4.69) is 36.4 Å². The Morgan fingerprint density at radius 1 is 1.14 bits per heavy atom. The standard InChI is InChI=1S/C19H20O3/c1-20-18-12-15(16-8-4-10-21-16)13-6-2-3-7-14(13)19(18)17-9-5-11-22-17/h2-3,6-7,9,12,16H,4-5,8,10-11H2,1H3. The Labute approximate surface area is 130 Å². The smallest absolute Gasteiger partial charge is 0.130 e. The van der Waals surface area contributed by atoms with Gasteiger partial charge < -0.3 is 14.2 Å². The first-order chi connectivity index (χ1) is 10.9. The monoisotopic (exact) mass is 296 g/mol. The molecule has 1 fully saturated rings. The van der Waals surface area contributed by atoms with E-state index in [-0.39, 0.29) is 6.10 Å². The fraction of sp³-hybridized carbons (Fsp3) is 0.368. The van der Waals surface area contributed by atoms with Crippen LogP contribution in [0.4, 0.5) is 0 Å². The average molecular weight is 296 g/mol. The van der Waals surface area contributed by atoms with E-state index in [1.807, 2.05) is 0 Å². The average Bonchev–Trinajstić information content (AvgIpc) is 3.26. The Hall–Kier alpha value is -2.00. The lowest BCUT2D eigenvalue weighted by atomic mass is 9.93. The SMILES string of the molecule is COc1cc(C2CCCO2)c2ccccc2c1C1=CCCO1. The van der Waals surface area contributed by atoms with Crippen molar-refractivity contribution in [3.8, 4) is 5.75 Å². The van der Waals surface area contributed by atoms with Crippen LogP contribution >= 0.6 is 0 Å². The van der Waals surface area contributed by atoms with Crippen molar-refractivity contribution in [1.29, 1.82) is 0 Å². The molecule has 0 aromatic heterocycles. The van der Waals surface area contributed by atoms with Crippen molar-refractivity contribution in [3.63, 3.8) is 0 Å². The molecule has 1 unspecified atom stereocenters. The molecule has 2 aliphatic heterocycles. The van der Waals surface area contributed by atoms with Gasteiger partial charge in [0.25, 0.3) is 0 Å². The third-order valence-corrected chi connectivity index (χ3v) is 4.49. The van der Waals surface area contributed by atoms with Crippen molar-refractivity contribution in [3.05, 3.63) is 47.5 Å². The molecule has 3 heteroatoms. The zero-order valence-corrected chi connectivity index (χ0v) is 12.8. The highest BCUT2D eigenvalue weighted by molar-refractivity contribution is 5.97. The molecule has 22 heavy (non-hydrogen) atoms. The van der Waals surface area contributed by atoms with Crippen LogP contribution in [0.2, 0.25) is 0 Å². The largest absolute Gasteiger partial charge is 0.496 e. The van der Waals surface area contributed by atoms with Crippen molar-refractivity contribution in [1.82, 2.24) is 0 Å². The number of hydrogen-bond acceptors (Lipinski definition) is 3. The highest BCUT2D eigenvalue weighted by Crippen LogP contribution is 2.42. The van der Waals surface area contributed by atoms with Gasteiger partial charge in [0.2, 0.25) is 0 Å². The lowest BCUT2D eigenvalue weighted by molar-refractivity contribution is 0.113. The molecule has 2 aromatic rings. The van der Waals surface area contributed by atoms with E-state index in [0.29, 0.717) is 0 Å². The number of methoxy groups -OCH3 is 1. The zero-order valence-electron chi connectivity index (χ0n) is 12.8. The molecule has 2 heterocycles. The summed E-state index contributed by atoms with van der Waals surface area (Å²) in [6, 6.07) is 10.6. The Morgan fingerprint density at radius 3 is 2.68 bits per heavy atom. The summed E-state index contributed by atoms with van der Waals surface area (Å²) >= 11 is 0. The molecular formula is C19H20O3. The van der Waals surface area contributed by atoms with Gasteiger partial charge in [0.15, 0.2) is 0 Å². The zero-order chi connectivity index (χ0) is 14.9. The molecule has 1 saturated heterocycles. The second-order valence-electron chi connectivity index (χ2n) is 5.80. The fourth-order valence-corrected chi connectivity index (χ4v) is 3.47. The minimum absolute atomic E-state index is 0.173. The molecule has 0 N–H and O–H groups in total. The Morgan fingerprint density at radius 2 is 2.00 bits per heavy atom. The van der Waals surface area contributed by atoms with Gasteiger partial charge in [0, 0.05) is 13.0 Å². The number of hydrogen-bond donors (Lipinski definition) is 0.